The van der Waals surface area contributed by atoms with Crippen LogP contribution in [0.4, 0.5) is 4.79 Å². The summed E-state index contributed by atoms with van der Waals surface area (Å²) in [6, 6.07) is 5.09. The average Bonchev–Trinajstić information content (AvgIpc) is 3.30. The second-order valence-corrected chi connectivity index (χ2v) is 9.25. The predicted molar refractivity (Wildman–Crippen MR) is 134 cm³/mol. The maximum Gasteiger partial charge on any atom is 0.407 e. The summed E-state index contributed by atoms with van der Waals surface area (Å²) in [4.78, 5) is 48.9. The molecule has 194 valence electrons. The lowest BCUT2D eigenvalue weighted by molar-refractivity contribution is -0.142. The largest absolute Gasteiger partial charge is 0.467 e. The van der Waals surface area contributed by atoms with Gasteiger partial charge in [0.15, 0.2) is 0 Å². The van der Waals surface area contributed by atoms with Crippen molar-refractivity contribution >= 4 is 53.2 Å². The Morgan fingerprint density at radius 3 is 2.33 bits per heavy atom. The number of hydrogen-bond acceptors (Lipinski definition) is 7. The molecule has 1 aromatic carbocycles. The fourth-order valence-corrected chi connectivity index (χ4v) is 3.51. The zero-order valence-electron chi connectivity index (χ0n) is 20.1. The van der Waals surface area contributed by atoms with Crippen LogP contribution >= 0.6 is 23.2 Å². The van der Waals surface area contributed by atoms with Crippen LogP contribution in [-0.2, 0) is 25.6 Å². The van der Waals surface area contributed by atoms with Crippen molar-refractivity contribution in [2.45, 2.75) is 39.0 Å². The van der Waals surface area contributed by atoms with Gasteiger partial charge in [-0.3, -0.25) is 9.59 Å². The zero-order valence-corrected chi connectivity index (χ0v) is 21.7. The van der Waals surface area contributed by atoms with Crippen LogP contribution in [0.3, 0.4) is 0 Å². The van der Waals surface area contributed by atoms with E-state index in [4.69, 9.17) is 37.1 Å². The molecule has 1 heterocycles. The Morgan fingerprint density at radius 2 is 1.78 bits per heavy atom. The highest BCUT2D eigenvalue weighted by Crippen LogP contribution is 2.27. The molecule has 0 unspecified atom stereocenters. The van der Waals surface area contributed by atoms with E-state index in [9.17, 15) is 19.2 Å². The number of amides is 3. The number of halogens is 2. The maximum absolute atomic E-state index is 12.8. The van der Waals surface area contributed by atoms with Gasteiger partial charge in [-0.1, -0.05) is 23.2 Å². The van der Waals surface area contributed by atoms with E-state index in [0.717, 1.165) is 7.11 Å². The summed E-state index contributed by atoms with van der Waals surface area (Å²) in [7, 11) is 1.14. The lowest BCUT2D eigenvalue weighted by Gasteiger charge is -2.22. The number of methoxy groups -OCH3 is 1. The van der Waals surface area contributed by atoms with E-state index in [0.29, 0.717) is 11.3 Å². The van der Waals surface area contributed by atoms with Crippen LogP contribution in [0.15, 0.2) is 41.0 Å². The van der Waals surface area contributed by atoms with Crippen molar-refractivity contribution in [1.82, 2.24) is 16.0 Å². The highest BCUT2D eigenvalue weighted by Gasteiger charge is 2.26. The van der Waals surface area contributed by atoms with Crippen molar-refractivity contribution in [3.8, 4) is 0 Å². The number of furan rings is 1. The van der Waals surface area contributed by atoms with E-state index in [1.165, 1.54) is 30.5 Å². The van der Waals surface area contributed by atoms with Crippen molar-refractivity contribution in [2.75, 3.05) is 13.7 Å². The Hall–Kier alpha value is -3.50. The van der Waals surface area contributed by atoms with Crippen LogP contribution in [0.5, 0.6) is 0 Å². The fourth-order valence-electron chi connectivity index (χ4n) is 2.80. The van der Waals surface area contributed by atoms with Gasteiger partial charge < -0.3 is 29.8 Å². The first-order chi connectivity index (χ1) is 16.9. The number of rotatable bonds is 9. The molecule has 1 atom stereocenters. The third kappa shape index (κ3) is 9.27. The number of ether oxygens (including phenoxy) is 2. The smallest absolute Gasteiger partial charge is 0.407 e. The molecule has 0 radical (unpaired) electrons. The summed E-state index contributed by atoms with van der Waals surface area (Å²) < 4.78 is 14.9. The first-order valence-corrected chi connectivity index (χ1v) is 11.5. The molecule has 0 bridgehead atoms. The highest BCUT2D eigenvalue weighted by molar-refractivity contribution is 6.39. The molecule has 10 nitrogen and oxygen atoms in total. The molecule has 0 aliphatic rings. The molecule has 0 aliphatic carbocycles. The average molecular weight is 540 g/mol. The summed E-state index contributed by atoms with van der Waals surface area (Å²) in [5.41, 5.74) is -0.291. The van der Waals surface area contributed by atoms with Crippen LogP contribution in [0, 0.1) is 0 Å². The first-order valence-electron chi connectivity index (χ1n) is 10.7. The summed E-state index contributed by atoms with van der Waals surface area (Å²) >= 11 is 12.6. The molecule has 0 saturated heterocycles. The number of benzene rings is 1. The molecule has 3 amide bonds. The van der Waals surface area contributed by atoms with Gasteiger partial charge in [0.25, 0.3) is 5.91 Å². The molecule has 2 aromatic rings. The highest BCUT2D eigenvalue weighted by atomic mass is 35.5. The first kappa shape index (κ1) is 28.7. The van der Waals surface area contributed by atoms with Crippen molar-refractivity contribution in [3.05, 3.63) is 63.5 Å². The number of nitrogens with one attached hydrogen (secondary N) is 3. The van der Waals surface area contributed by atoms with Crippen molar-refractivity contribution < 1.29 is 33.1 Å². The van der Waals surface area contributed by atoms with Crippen LogP contribution < -0.4 is 16.0 Å². The second-order valence-electron chi connectivity index (χ2n) is 8.43. The Balaban J connectivity index is 2.03. The predicted octanol–water partition coefficient (Wildman–Crippen LogP) is 3.71. The molecule has 0 fully saturated rings. The van der Waals surface area contributed by atoms with Gasteiger partial charge in [0.05, 0.1) is 35.5 Å². The van der Waals surface area contributed by atoms with E-state index in [1.807, 2.05) is 0 Å². The molecule has 12 heteroatoms. The number of carbonyl (C=O) groups is 4. The minimum atomic E-state index is -1.23. The standard InChI is InChI=1S/C24H27Cl2N3O7/c1-24(2,3)36-23(33)28-13-18(22(32)34-4)29-21(31)20-16(25)10-14(11-17(20)26)12-27-19(30)8-7-15-6-5-9-35-15/h5-11,18H,12-13H2,1-4H3,(H,27,30)(H,28,33)(H,29,31)/b8-7+/t18-/m0/s1. The van der Waals surface area contributed by atoms with Gasteiger partial charge in [0, 0.05) is 12.6 Å². The van der Waals surface area contributed by atoms with Crippen molar-refractivity contribution in [3.63, 3.8) is 0 Å². The van der Waals surface area contributed by atoms with Crippen LogP contribution in [0.2, 0.25) is 10.0 Å². The number of esters is 1. The third-order valence-corrected chi connectivity index (χ3v) is 4.97. The molecule has 1 aromatic heterocycles. The summed E-state index contributed by atoms with van der Waals surface area (Å²) in [5, 5.41) is 7.51. The summed E-state index contributed by atoms with van der Waals surface area (Å²) in [6.45, 7) is 4.85. The van der Waals surface area contributed by atoms with Gasteiger partial charge in [-0.05, 0) is 56.7 Å². The SMILES string of the molecule is COC(=O)[C@H](CNC(=O)OC(C)(C)C)NC(=O)c1c(Cl)cc(CNC(=O)/C=C/c2ccco2)cc1Cl. The van der Waals surface area contributed by atoms with E-state index in [-0.39, 0.29) is 34.6 Å². The zero-order chi connectivity index (χ0) is 26.9. The molecule has 0 aliphatic heterocycles. The number of hydrogen-bond donors (Lipinski definition) is 3. The lowest BCUT2D eigenvalue weighted by Crippen LogP contribution is -2.49. The monoisotopic (exact) mass is 539 g/mol. The molecule has 0 saturated carbocycles. The molecule has 36 heavy (non-hydrogen) atoms. The Labute approximate surface area is 218 Å². The number of alkyl carbamates (subject to hydrolysis) is 1. The van der Waals surface area contributed by atoms with Gasteiger partial charge in [-0.15, -0.1) is 0 Å². The molecule has 0 spiro atoms. The van der Waals surface area contributed by atoms with E-state index in [2.05, 4.69) is 16.0 Å². The Kier molecular flexibility index (Phi) is 10.4. The van der Waals surface area contributed by atoms with Crippen molar-refractivity contribution in [2.24, 2.45) is 0 Å². The summed E-state index contributed by atoms with van der Waals surface area (Å²) in [5.74, 6) is -1.41. The quantitative estimate of drug-likeness (QED) is 0.326. The van der Waals surface area contributed by atoms with Gasteiger partial charge in [-0.25, -0.2) is 9.59 Å². The Morgan fingerprint density at radius 1 is 1.11 bits per heavy atom. The van der Waals surface area contributed by atoms with Gasteiger partial charge in [-0.2, -0.15) is 0 Å². The minimum Gasteiger partial charge on any atom is -0.467 e. The Bertz CT molecular complexity index is 1100. The van der Waals surface area contributed by atoms with Gasteiger partial charge in [0.2, 0.25) is 5.91 Å². The topological polar surface area (TPSA) is 136 Å². The van der Waals surface area contributed by atoms with E-state index in [1.54, 1.807) is 32.9 Å². The summed E-state index contributed by atoms with van der Waals surface area (Å²) in [6.07, 6.45) is 3.54. The third-order valence-electron chi connectivity index (χ3n) is 4.38. The molecule has 3 N–H and O–H groups in total. The van der Waals surface area contributed by atoms with Crippen LogP contribution in [0.25, 0.3) is 6.08 Å². The van der Waals surface area contributed by atoms with Crippen LogP contribution in [-0.4, -0.2) is 49.2 Å². The van der Waals surface area contributed by atoms with Crippen molar-refractivity contribution in [1.29, 1.82) is 0 Å². The minimum absolute atomic E-state index is 0.000839. The van der Waals surface area contributed by atoms with E-state index >= 15 is 0 Å². The molecule has 2 rings (SSSR count). The molecular formula is C24H27Cl2N3O7. The number of carbonyl (C=O) groups excluding carboxylic acids is 4. The second kappa shape index (κ2) is 13.0. The molecular weight excluding hydrogens is 513 g/mol. The van der Waals surface area contributed by atoms with Crippen LogP contribution in [0.1, 0.15) is 42.5 Å². The maximum atomic E-state index is 12.8. The normalized spacial score (nSPS) is 12.1. The van der Waals surface area contributed by atoms with Gasteiger partial charge >= 0.3 is 12.1 Å². The van der Waals surface area contributed by atoms with Gasteiger partial charge in [0.1, 0.15) is 17.4 Å². The van der Waals surface area contributed by atoms with E-state index < -0.39 is 29.6 Å². The fraction of sp³-hybridized carbons (Fsp3) is 0.333. The lowest BCUT2D eigenvalue weighted by atomic mass is 10.1.